The molecule has 1 fully saturated rings. The molecule has 4 nitrogen and oxygen atoms in total. The highest BCUT2D eigenvalue weighted by Crippen LogP contribution is 2.34. The van der Waals surface area contributed by atoms with Gasteiger partial charge in [0.05, 0.1) is 4.91 Å². The summed E-state index contributed by atoms with van der Waals surface area (Å²) >= 11 is 18.4. The van der Waals surface area contributed by atoms with Crippen molar-refractivity contribution in [2.45, 2.75) is 6.42 Å². The van der Waals surface area contributed by atoms with Crippen molar-refractivity contribution >= 4 is 75.1 Å². The molecule has 1 aliphatic rings. The molecule has 0 aromatic heterocycles. The number of benzene rings is 2. The van der Waals surface area contributed by atoms with Crippen molar-refractivity contribution in [3.05, 3.63) is 68.8 Å². The van der Waals surface area contributed by atoms with Crippen LogP contribution in [0.15, 0.2) is 47.4 Å². The van der Waals surface area contributed by atoms with Crippen molar-refractivity contribution in [2.24, 2.45) is 0 Å². The van der Waals surface area contributed by atoms with Crippen LogP contribution >= 0.6 is 47.2 Å². The fraction of sp³-hybridized carbons (Fsp3) is 0.105. The van der Waals surface area contributed by atoms with Gasteiger partial charge in [0.1, 0.15) is 10.1 Å². The Morgan fingerprint density at radius 3 is 2.75 bits per heavy atom. The van der Waals surface area contributed by atoms with Gasteiger partial charge in [-0.1, -0.05) is 59.3 Å². The molecule has 0 unspecified atom stereocenters. The van der Waals surface area contributed by atoms with Gasteiger partial charge < -0.3 is 5.32 Å². The van der Waals surface area contributed by atoms with E-state index in [1.165, 1.54) is 23.1 Å². The fourth-order valence-corrected chi connectivity index (χ4v) is 4.22. The van der Waals surface area contributed by atoms with Crippen LogP contribution in [0, 0.1) is 5.82 Å². The van der Waals surface area contributed by atoms with Crippen LogP contribution in [-0.2, 0) is 9.59 Å². The lowest BCUT2D eigenvalue weighted by Crippen LogP contribution is -2.31. The van der Waals surface area contributed by atoms with Gasteiger partial charge in [-0.25, -0.2) is 4.39 Å². The molecular weight excluding hydrogens is 442 g/mol. The molecule has 2 amide bonds. The minimum absolute atomic E-state index is 0.0257. The summed E-state index contributed by atoms with van der Waals surface area (Å²) < 4.78 is 13.5. The average molecular weight is 455 g/mol. The highest BCUT2D eigenvalue weighted by molar-refractivity contribution is 8.26. The minimum atomic E-state index is -0.444. The van der Waals surface area contributed by atoms with Crippen LogP contribution in [0.25, 0.3) is 6.08 Å². The van der Waals surface area contributed by atoms with Gasteiger partial charge in [-0.05, 0) is 42.0 Å². The molecular formula is C19H13Cl2FN2O2S2. The lowest BCUT2D eigenvalue weighted by molar-refractivity contribution is -0.122. The predicted molar refractivity (Wildman–Crippen MR) is 116 cm³/mol. The molecule has 0 atom stereocenters. The maximum Gasteiger partial charge on any atom is 0.266 e. The standard InChI is InChI=1S/C19H13Cl2FN2O2S2/c20-12-5-4-11(15(21)9-12)8-16-18(26)24(19(27)28-16)7-6-17(25)23-14-3-1-2-13(22)10-14/h1-5,8-10H,6-7H2,(H,23,25)/b16-8+. The van der Waals surface area contributed by atoms with E-state index in [-0.39, 0.29) is 24.8 Å². The van der Waals surface area contributed by atoms with Gasteiger partial charge in [0.2, 0.25) is 5.91 Å². The predicted octanol–water partition coefficient (Wildman–Crippen LogP) is 5.36. The Balaban J connectivity index is 1.63. The molecule has 1 heterocycles. The topological polar surface area (TPSA) is 49.4 Å². The smallest absolute Gasteiger partial charge is 0.266 e. The van der Waals surface area contributed by atoms with E-state index in [1.54, 1.807) is 30.3 Å². The van der Waals surface area contributed by atoms with Gasteiger partial charge in [0.25, 0.3) is 5.91 Å². The SMILES string of the molecule is O=C(CCN1C(=O)/C(=C\c2ccc(Cl)cc2Cl)SC1=S)Nc1cccc(F)c1. The lowest BCUT2D eigenvalue weighted by Gasteiger charge is -2.14. The summed E-state index contributed by atoms with van der Waals surface area (Å²) in [5.41, 5.74) is 1.00. The molecule has 9 heteroatoms. The van der Waals surface area contributed by atoms with Crippen molar-refractivity contribution < 1.29 is 14.0 Å². The molecule has 3 rings (SSSR count). The number of carbonyl (C=O) groups excluding carboxylic acids is 2. The Kier molecular flexibility index (Phi) is 6.72. The van der Waals surface area contributed by atoms with E-state index in [9.17, 15) is 14.0 Å². The first-order chi connectivity index (χ1) is 13.3. The van der Waals surface area contributed by atoms with Crippen molar-refractivity contribution in [1.82, 2.24) is 4.90 Å². The van der Waals surface area contributed by atoms with Gasteiger partial charge in [-0.3, -0.25) is 14.5 Å². The van der Waals surface area contributed by atoms with Crippen LogP contribution in [0.5, 0.6) is 0 Å². The zero-order valence-corrected chi connectivity index (χ0v) is 17.4. The molecule has 28 heavy (non-hydrogen) atoms. The Morgan fingerprint density at radius 2 is 2.04 bits per heavy atom. The zero-order valence-electron chi connectivity index (χ0n) is 14.2. The van der Waals surface area contributed by atoms with Crippen molar-refractivity contribution in [2.75, 3.05) is 11.9 Å². The molecule has 0 radical (unpaired) electrons. The van der Waals surface area contributed by atoms with Gasteiger partial charge in [-0.2, -0.15) is 0 Å². The zero-order chi connectivity index (χ0) is 20.3. The summed E-state index contributed by atoms with van der Waals surface area (Å²) in [6.07, 6.45) is 1.67. The second-order valence-corrected chi connectivity index (χ2v) is 8.33. The molecule has 0 spiro atoms. The van der Waals surface area contributed by atoms with Gasteiger partial charge in [0.15, 0.2) is 0 Å². The van der Waals surface area contributed by atoms with Gasteiger partial charge in [-0.15, -0.1) is 0 Å². The average Bonchev–Trinajstić information content (AvgIpc) is 2.89. The number of amides is 2. The lowest BCUT2D eigenvalue weighted by atomic mass is 10.2. The summed E-state index contributed by atoms with van der Waals surface area (Å²) in [5, 5.41) is 3.51. The summed E-state index contributed by atoms with van der Waals surface area (Å²) in [7, 11) is 0. The third-order valence-corrected chi connectivity index (χ3v) is 5.73. The number of thioether (sulfide) groups is 1. The molecule has 2 aromatic rings. The number of nitrogens with one attached hydrogen (secondary N) is 1. The Labute approximate surface area is 180 Å². The largest absolute Gasteiger partial charge is 0.326 e. The second-order valence-electron chi connectivity index (χ2n) is 5.81. The van der Waals surface area contributed by atoms with Crippen molar-refractivity contribution in [1.29, 1.82) is 0 Å². The minimum Gasteiger partial charge on any atom is -0.326 e. The third kappa shape index (κ3) is 5.11. The molecule has 2 aromatic carbocycles. The molecule has 0 bridgehead atoms. The van der Waals surface area contributed by atoms with E-state index < -0.39 is 5.82 Å². The number of thiocarbonyl (C=S) groups is 1. The van der Waals surface area contributed by atoms with Crippen LogP contribution < -0.4 is 5.32 Å². The quantitative estimate of drug-likeness (QED) is 0.487. The highest BCUT2D eigenvalue weighted by atomic mass is 35.5. The van der Waals surface area contributed by atoms with E-state index in [1.807, 2.05) is 0 Å². The van der Waals surface area contributed by atoms with Crippen LogP contribution in [-0.4, -0.2) is 27.6 Å². The van der Waals surface area contributed by atoms with Crippen LogP contribution in [0.4, 0.5) is 10.1 Å². The maximum atomic E-state index is 13.2. The van der Waals surface area contributed by atoms with Crippen molar-refractivity contribution in [3.63, 3.8) is 0 Å². The summed E-state index contributed by atoms with van der Waals surface area (Å²) in [6, 6.07) is 10.6. The molecule has 1 aliphatic heterocycles. The van der Waals surface area contributed by atoms with Crippen LogP contribution in [0.1, 0.15) is 12.0 Å². The maximum absolute atomic E-state index is 13.2. The van der Waals surface area contributed by atoms with Crippen LogP contribution in [0.3, 0.4) is 0 Å². The Bertz CT molecular complexity index is 998. The number of nitrogens with zero attached hydrogens (tertiary/aromatic N) is 1. The molecule has 0 saturated carbocycles. The molecule has 0 aliphatic carbocycles. The van der Waals surface area contributed by atoms with E-state index in [4.69, 9.17) is 35.4 Å². The van der Waals surface area contributed by atoms with E-state index in [0.717, 1.165) is 11.8 Å². The first-order valence-corrected chi connectivity index (χ1v) is 10.1. The van der Waals surface area contributed by atoms with Crippen molar-refractivity contribution in [3.8, 4) is 0 Å². The number of carbonyl (C=O) groups is 2. The summed E-state index contributed by atoms with van der Waals surface area (Å²) in [6.45, 7) is 0.123. The van der Waals surface area contributed by atoms with Gasteiger partial charge >= 0.3 is 0 Å². The third-order valence-electron chi connectivity index (χ3n) is 3.79. The second kappa shape index (κ2) is 9.05. The normalized spacial score (nSPS) is 15.4. The molecule has 144 valence electrons. The molecule has 1 saturated heterocycles. The van der Waals surface area contributed by atoms with E-state index in [2.05, 4.69) is 5.32 Å². The first kappa shape index (κ1) is 20.8. The Morgan fingerprint density at radius 1 is 1.25 bits per heavy atom. The highest BCUT2D eigenvalue weighted by Gasteiger charge is 2.32. The van der Waals surface area contributed by atoms with Crippen LogP contribution in [0.2, 0.25) is 10.0 Å². The monoisotopic (exact) mass is 454 g/mol. The van der Waals surface area contributed by atoms with Gasteiger partial charge in [0, 0.05) is 28.7 Å². The number of hydrogen-bond acceptors (Lipinski definition) is 4. The van der Waals surface area contributed by atoms with E-state index >= 15 is 0 Å². The van der Waals surface area contributed by atoms with E-state index in [0.29, 0.717) is 30.5 Å². The number of anilines is 1. The number of halogens is 3. The summed E-state index contributed by atoms with van der Waals surface area (Å²) in [4.78, 5) is 26.5. The number of rotatable bonds is 5. The summed E-state index contributed by atoms with van der Waals surface area (Å²) in [5.74, 6) is -1.08. The first-order valence-electron chi connectivity index (χ1n) is 8.09. The number of hydrogen-bond donors (Lipinski definition) is 1. The molecule has 1 N–H and O–H groups in total. The Hall–Kier alpha value is -1.93. The fourth-order valence-electron chi connectivity index (χ4n) is 2.46.